The third kappa shape index (κ3) is 13.9. The number of hydrogen-bond acceptors (Lipinski definition) is 7. The van der Waals surface area contributed by atoms with Crippen LogP contribution in [0.15, 0.2) is 11.6 Å². The molecule has 6 amide bonds. The Balaban J connectivity index is 2.79. The number of aliphatic hydroxyl groups is 1. The third-order valence-electron chi connectivity index (χ3n) is 11.0. The zero-order chi connectivity index (χ0) is 42.8. The van der Waals surface area contributed by atoms with E-state index in [1.807, 2.05) is 69.2 Å². The maximum Gasteiger partial charge on any atom is 0.249 e. The van der Waals surface area contributed by atoms with Crippen LogP contribution in [-0.4, -0.2) is 130 Å². The van der Waals surface area contributed by atoms with Crippen LogP contribution in [-0.2, 0) is 28.8 Å². The smallest absolute Gasteiger partial charge is 0.249 e. The highest BCUT2D eigenvalue weighted by Crippen LogP contribution is 2.25. The molecule has 0 aliphatic carbocycles. The van der Waals surface area contributed by atoms with Gasteiger partial charge in [0.15, 0.2) is 0 Å². The lowest BCUT2D eigenvalue weighted by molar-refractivity contribution is -0.149. The Bertz CT molecular complexity index is 1390. The Kier molecular flexibility index (Phi) is 19.0. The predicted octanol–water partition coefficient (Wildman–Crippen LogP) is 4.37. The van der Waals surface area contributed by atoms with E-state index < -0.39 is 54.2 Å². The number of nitrogens with one attached hydrogen (secondary N) is 2. The molecule has 13 nitrogen and oxygen atoms in total. The molecule has 56 heavy (non-hydrogen) atoms. The maximum absolute atomic E-state index is 14.5. The van der Waals surface area contributed by atoms with Crippen LogP contribution in [0.5, 0.6) is 0 Å². The SMILES string of the molecule is C/C1=C\[C@@H](CC(C)C)NC(=O)[C@@H]2CCCN2C(=O)[C@@H](CC(C)C)N(C)C(=O)C[C@H](O)[C@H](CC(C)C)NC(=O)[C@@H](CC(C)C)N(C)C(=O)[C@@H](CC(C)C)N(C)C1=O. The van der Waals surface area contributed by atoms with Crippen molar-refractivity contribution in [3.63, 3.8) is 0 Å². The number of nitrogens with zero attached hydrogens (tertiary/aromatic N) is 4. The summed E-state index contributed by atoms with van der Waals surface area (Å²) >= 11 is 0. The van der Waals surface area contributed by atoms with E-state index in [0.717, 1.165) is 0 Å². The standard InChI is InChI=1S/C43H76N6O7/c1-25(2)18-31-23-30(11)41(54)48(14)35(21-28(7)8)42(55)47(13)34(20-27(5)6)40(53)45-32(19-26(3)4)37(50)24-38(51)46(12)36(22-29(9)10)43(56)49-17-15-16-33(49)39(52)44-31/h23,25-29,31-37,50H,15-22,24H2,1-14H3,(H,44,52)(H,45,53)/b30-23+/t31-,32+,33+,34-,35-,36-,37+/m1/s1. The van der Waals surface area contributed by atoms with E-state index in [-0.39, 0.29) is 59.6 Å². The van der Waals surface area contributed by atoms with Gasteiger partial charge < -0.3 is 35.3 Å². The Morgan fingerprint density at radius 1 is 0.643 bits per heavy atom. The maximum atomic E-state index is 14.5. The van der Waals surface area contributed by atoms with Gasteiger partial charge in [0, 0.05) is 39.3 Å². The van der Waals surface area contributed by atoms with E-state index in [2.05, 4.69) is 10.6 Å². The van der Waals surface area contributed by atoms with Crippen LogP contribution >= 0.6 is 0 Å². The topological polar surface area (TPSA) is 160 Å². The van der Waals surface area contributed by atoms with Crippen LogP contribution in [0.25, 0.3) is 0 Å². The first-order valence-corrected chi connectivity index (χ1v) is 21.0. The molecule has 2 heterocycles. The van der Waals surface area contributed by atoms with Crippen LogP contribution in [0.4, 0.5) is 0 Å². The molecular weight excluding hydrogens is 713 g/mol. The van der Waals surface area contributed by atoms with Crippen molar-refractivity contribution in [2.75, 3.05) is 27.7 Å². The first-order valence-electron chi connectivity index (χ1n) is 21.0. The van der Waals surface area contributed by atoms with Gasteiger partial charge in [-0.05, 0) is 81.5 Å². The highest BCUT2D eigenvalue weighted by molar-refractivity contribution is 5.98. The fourth-order valence-corrected chi connectivity index (χ4v) is 8.00. The van der Waals surface area contributed by atoms with Crippen molar-refractivity contribution in [1.82, 2.24) is 30.2 Å². The van der Waals surface area contributed by atoms with Gasteiger partial charge in [0.05, 0.1) is 18.6 Å². The lowest BCUT2D eigenvalue weighted by atomic mass is 9.94. The highest BCUT2D eigenvalue weighted by Gasteiger charge is 2.42. The minimum atomic E-state index is -1.28. The lowest BCUT2D eigenvalue weighted by Crippen LogP contribution is -2.58. The van der Waals surface area contributed by atoms with Gasteiger partial charge >= 0.3 is 0 Å². The molecule has 0 aromatic heterocycles. The zero-order valence-corrected chi connectivity index (χ0v) is 37.1. The molecule has 0 bridgehead atoms. The molecule has 13 heteroatoms. The number of aliphatic hydroxyl groups excluding tert-OH is 1. The molecule has 0 spiro atoms. The quantitative estimate of drug-likeness (QED) is 0.297. The molecule has 0 aromatic carbocycles. The van der Waals surface area contributed by atoms with Crippen LogP contribution in [0.1, 0.15) is 128 Å². The zero-order valence-electron chi connectivity index (χ0n) is 37.1. The molecular formula is C43H76N6O7. The van der Waals surface area contributed by atoms with Gasteiger partial charge in [0.2, 0.25) is 35.4 Å². The van der Waals surface area contributed by atoms with Crippen molar-refractivity contribution in [3.05, 3.63) is 11.6 Å². The molecule has 0 unspecified atom stereocenters. The Hall–Kier alpha value is -3.48. The van der Waals surface area contributed by atoms with E-state index in [4.69, 9.17) is 0 Å². The van der Waals surface area contributed by atoms with Crippen molar-refractivity contribution in [1.29, 1.82) is 0 Å². The van der Waals surface area contributed by atoms with Crippen LogP contribution in [0, 0.1) is 29.6 Å². The summed E-state index contributed by atoms with van der Waals surface area (Å²) in [6, 6.07) is -4.75. The normalized spacial score (nSPS) is 28.6. The van der Waals surface area contributed by atoms with Gasteiger partial charge in [0.1, 0.15) is 24.2 Å². The second kappa shape index (κ2) is 21.9. The Labute approximate surface area is 337 Å². The summed E-state index contributed by atoms with van der Waals surface area (Å²) in [5.41, 5.74) is 0.364. The fraction of sp³-hybridized carbons (Fsp3) is 0.814. The van der Waals surface area contributed by atoms with E-state index in [0.29, 0.717) is 57.1 Å². The van der Waals surface area contributed by atoms with Crippen LogP contribution in [0.3, 0.4) is 0 Å². The summed E-state index contributed by atoms with van der Waals surface area (Å²) in [7, 11) is 4.75. The summed E-state index contributed by atoms with van der Waals surface area (Å²) in [6.07, 6.45) is 3.16. The van der Waals surface area contributed by atoms with E-state index in [1.165, 1.54) is 14.7 Å². The highest BCUT2D eigenvalue weighted by atomic mass is 16.3. The van der Waals surface area contributed by atoms with E-state index in [1.54, 1.807) is 39.0 Å². The van der Waals surface area contributed by atoms with Crippen LogP contribution < -0.4 is 10.6 Å². The monoisotopic (exact) mass is 789 g/mol. The summed E-state index contributed by atoms with van der Waals surface area (Å²) in [5, 5.41) is 17.7. The number of carbonyl (C=O) groups is 6. The van der Waals surface area contributed by atoms with Crippen molar-refractivity contribution in [3.8, 4) is 0 Å². The average Bonchev–Trinajstić information content (AvgIpc) is 3.59. The van der Waals surface area contributed by atoms with Crippen molar-refractivity contribution < 1.29 is 33.9 Å². The number of carbonyl (C=O) groups excluding carboxylic acids is 6. The van der Waals surface area contributed by atoms with Gasteiger partial charge in [0.25, 0.3) is 0 Å². The second-order valence-electron chi connectivity index (χ2n) is 18.6. The van der Waals surface area contributed by atoms with Crippen molar-refractivity contribution in [2.24, 2.45) is 29.6 Å². The number of fused-ring (bicyclic) bond motifs is 1. The summed E-state index contributed by atoms with van der Waals surface area (Å²) in [5.74, 6) is -1.96. The predicted molar refractivity (Wildman–Crippen MR) is 220 cm³/mol. The van der Waals surface area contributed by atoms with Gasteiger partial charge in [-0.2, -0.15) is 0 Å². The average molecular weight is 789 g/mol. The first-order chi connectivity index (χ1) is 26.0. The van der Waals surface area contributed by atoms with Crippen LogP contribution in [0.2, 0.25) is 0 Å². The number of rotatable bonds is 10. The van der Waals surface area contributed by atoms with Crippen molar-refractivity contribution >= 4 is 35.4 Å². The molecule has 0 aromatic rings. The van der Waals surface area contributed by atoms with Gasteiger partial charge in [-0.1, -0.05) is 75.3 Å². The van der Waals surface area contributed by atoms with E-state index in [9.17, 15) is 33.9 Å². The Morgan fingerprint density at radius 3 is 1.66 bits per heavy atom. The summed E-state index contributed by atoms with van der Waals surface area (Å²) < 4.78 is 0. The van der Waals surface area contributed by atoms with Gasteiger partial charge in [-0.25, -0.2) is 0 Å². The Morgan fingerprint density at radius 2 is 1.14 bits per heavy atom. The first kappa shape index (κ1) is 48.7. The molecule has 7 atom stereocenters. The molecule has 3 N–H and O–H groups in total. The largest absolute Gasteiger partial charge is 0.390 e. The van der Waals surface area contributed by atoms with E-state index >= 15 is 0 Å². The molecule has 2 aliphatic rings. The number of amides is 6. The summed E-state index contributed by atoms with van der Waals surface area (Å²) in [6.45, 7) is 21.8. The molecule has 2 aliphatic heterocycles. The summed E-state index contributed by atoms with van der Waals surface area (Å²) in [4.78, 5) is 91.0. The number of hydrogen-bond donors (Lipinski definition) is 3. The molecule has 1 saturated heterocycles. The molecule has 1 fully saturated rings. The van der Waals surface area contributed by atoms with Gasteiger partial charge in [-0.3, -0.25) is 28.8 Å². The lowest BCUT2D eigenvalue weighted by Gasteiger charge is -2.37. The third-order valence-corrected chi connectivity index (χ3v) is 11.0. The molecule has 0 saturated carbocycles. The molecule has 2 rings (SSSR count). The van der Waals surface area contributed by atoms with Gasteiger partial charge in [-0.15, -0.1) is 0 Å². The second-order valence-corrected chi connectivity index (χ2v) is 18.6. The van der Waals surface area contributed by atoms with Crippen molar-refractivity contribution in [2.45, 2.75) is 170 Å². The fourth-order valence-electron chi connectivity index (χ4n) is 8.00. The minimum absolute atomic E-state index is 0.0232. The molecule has 0 radical (unpaired) electrons. The number of likely N-dealkylation sites (N-methyl/N-ethyl adjacent to an activating group) is 3. The minimum Gasteiger partial charge on any atom is -0.390 e. The molecule has 320 valence electrons.